The van der Waals surface area contributed by atoms with E-state index in [0.29, 0.717) is 25.4 Å². The summed E-state index contributed by atoms with van der Waals surface area (Å²) in [5.41, 5.74) is 16.7. The van der Waals surface area contributed by atoms with Gasteiger partial charge in [0.05, 0.1) is 6.04 Å². The Morgan fingerprint density at radius 3 is 1.91 bits per heavy atom. The number of rotatable bonds is 6. The van der Waals surface area contributed by atoms with Crippen molar-refractivity contribution in [3.63, 3.8) is 0 Å². The topological polar surface area (TPSA) is 119 Å². The van der Waals surface area contributed by atoms with Gasteiger partial charge in [0.2, 0.25) is 5.91 Å². The van der Waals surface area contributed by atoms with E-state index in [1.54, 1.807) is 0 Å². The summed E-state index contributed by atoms with van der Waals surface area (Å²) in [6, 6.07) is 16.7. The van der Waals surface area contributed by atoms with Gasteiger partial charge in [-0.2, -0.15) is 0 Å². The fraction of sp³-hybridized carbons (Fsp3) is 0.500. The molecular formula is C28H40N4O3. The van der Waals surface area contributed by atoms with Gasteiger partial charge in [-0.1, -0.05) is 48.5 Å². The number of hydrogen-bond donors (Lipinski definition) is 4. The average molecular weight is 481 g/mol. The number of carbonyl (C=O) groups is 2. The highest BCUT2D eigenvalue weighted by molar-refractivity contribution is 5.81. The molecule has 7 nitrogen and oxygen atoms in total. The first-order chi connectivity index (χ1) is 16.6. The standard InChI is InChI=1S/C19H29N3O3.C9H11N/c1-19(2,3)25-18(24)21-10-6-9-16(20)17(23)22-15-11-13-7-4-5-8-14(13)12-15;10-9-5-7-3-1-2-4-8(7)6-9/h4-5,7-8,15-16H,6,9-12,20H2,1-3H3,(H,21,24)(H,22,23);1-4,9H,5-6,10H2/t16-;/m1./s1. The Morgan fingerprint density at radius 1 is 0.943 bits per heavy atom. The highest BCUT2D eigenvalue weighted by atomic mass is 16.6. The molecule has 35 heavy (non-hydrogen) atoms. The zero-order chi connectivity index (χ0) is 25.4. The van der Waals surface area contributed by atoms with Gasteiger partial charge in [-0.3, -0.25) is 4.79 Å². The van der Waals surface area contributed by atoms with Gasteiger partial charge in [0, 0.05) is 18.6 Å². The number of hydrogen-bond acceptors (Lipinski definition) is 5. The van der Waals surface area contributed by atoms with Crippen LogP contribution < -0.4 is 22.1 Å². The van der Waals surface area contributed by atoms with Crippen LogP contribution in [0.4, 0.5) is 4.79 Å². The van der Waals surface area contributed by atoms with Crippen molar-refractivity contribution >= 4 is 12.0 Å². The van der Waals surface area contributed by atoms with E-state index in [9.17, 15) is 9.59 Å². The van der Waals surface area contributed by atoms with Crippen molar-refractivity contribution in [3.05, 3.63) is 70.8 Å². The molecule has 190 valence electrons. The van der Waals surface area contributed by atoms with Crippen LogP contribution in [0.3, 0.4) is 0 Å². The van der Waals surface area contributed by atoms with Gasteiger partial charge in [0.1, 0.15) is 5.60 Å². The molecule has 0 saturated carbocycles. The van der Waals surface area contributed by atoms with Crippen LogP contribution in [0.15, 0.2) is 48.5 Å². The number of benzene rings is 2. The summed E-state index contributed by atoms with van der Waals surface area (Å²) in [4.78, 5) is 23.7. The molecule has 0 saturated heterocycles. The van der Waals surface area contributed by atoms with E-state index >= 15 is 0 Å². The van der Waals surface area contributed by atoms with Gasteiger partial charge in [-0.15, -0.1) is 0 Å². The van der Waals surface area contributed by atoms with E-state index in [1.165, 1.54) is 22.3 Å². The Hall–Kier alpha value is -2.90. The lowest BCUT2D eigenvalue weighted by Gasteiger charge is -2.20. The number of alkyl carbamates (subject to hydrolysis) is 1. The summed E-state index contributed by atoms with van der Waals surface area (Å²) >= 11 is 0. The van der Waals surface area contributed by atoms with Gasteiger partial charge in [-0.25, -0.2) is 4.79 Å². The van der Waals surface area contributed by atoms with E-state index in [2.05, 4.69) is 47.0 Å². The molecule has 0 unspecified atom stereocenters. The summed E-state index contributed by atoms with van der Waals surface area (Å²) in [6.45, 7) is 5.88. The number of amides is 2. The Bertz CT molecular complexity index is 952. The molecule has 0 spiro atoms. The van der Waals surface area contributed by atoms with E-state index in [1.807, 2.05) is 32.9 Å². The lowest BCUT2D eigenvalue weighted by molar-refractivity contribution is -0.123. The lowest BCUT2D eigenvalue weighted by atomic mass is 10.1. The van der Waals surface area contributed by atoms with Gasteiger partial charge in [0.25, 0.3) is 0 Å². The molecule has 0 radical (unpaired) electrons. The van der Waals surface area contributed by atoms with Crippen molar-refractivity contribution < 1.29 is 14.3 Å². The molecule has 7 heteroatoms. The molecule has 2 aromatic carbocycles. The van der Waals surface area contributed by atoms with Crippen molar-refractivity contribution in [1.29, 1.82) is 0 Å². The first-order valence-electron chi connectivity index (χ1n) is 12.5. The fourth-order valence-electron chi connectivity index (χ4n) is 4.52. The van der Waals surface area contributed by atoms with E-state index in [0.717, 1.165) is 25.7 Å². The number of carbonyl (C=O) groups excluding carboxylic acids is 2. The summed E-state index contributed by atoms with van der Waals surface area (Å²) < 4.78 is 5.15. The summed E-state index contributed by atoms with van der Waals surface area (Å²) in [5, 5.41) is 5.70. The second-order valence-electron chi connectivity index (χ2n) is 10.5. The Kier molecular flexibility index (Phi) is 9.29. The van der Waals surface area contributed by atoms with Crippen LogP contribution in [0.1, 0.15) is 55.9 Å². The van der Waals surface area contributed by atoms with Crippen LogP contribution in [0.2, 0.25) is 0 Å². The largest absolute Gasteiger partial charge is 0.444 e. The Labute approximate surface area is 209 Å². The van der Waals surface area contributed by atoms with Crippen molar-refractivity contribution in [2.24, 2.45) is 11.5 Å². The second kappa shape index (κ2) is 12.2. The third-order valence-corrected chi connectivity index (χ3v) is 6.18. The summed E-state index contributed by atoms with van der Waals surface area (Å²) in [6.07, 6.45) is 4.53. The van der Waals surface area contributed by atoms with Crippen LogP contribution in [-0.4, -0.2) is 42.3 Å². The van der Waals surface area contributed by atoms with Crippen LogP contribution in [-0.2, 0) is 35.2 Å². The normalized spacial score (nSPS) is 15.9. The minimum Gasteiger partial charge on any atom is -0.444 e. The predicted molar refractivity (Wildman–Crippen MR) is 139 cm³/mol. The minimum atomic E-state index is -0.566. The molecular weight excluding hydrogens is 440 g/mol. The smallest absolute Gasteiger partial charge is 0.407 e. The minimum absolute atomic E-state index is 0.121. The summed E-state index contributed by atoms with van der Waals surface area (Å²) in [7, 11) is 0. The van der Waals surface area contributed by atoms with E-state index in [-0.39, 0.29) is 11.9 Å². The van der Waals surface area contributed by atoms with Crippen LogP contribution in [0, 0.1) is 0 Å². The molecule has 0 fully saturated rings. The molecule has 1 atom stereocenters. The van der Waals surface area contributed by atoms with Gasteiger partial charge < -0.3 is 26.8 Å². The first-order valence-corrected chi connectivity index (χ1v) is 12.5. The van der Waals surface area contributed by atoms with Crippen LogP contribution in [0.25, 0.3) is 0 Å². The van der Waals surface area contributed by atoms with Crippen molar-refractivity contribution in [1.82, 2.24) is 10.6 Å². The number of fused-ring (bicyclic) bond motifs is 2. The zero-order valence-corrected chi connectivity index (χ0v) is 21.2. The maximum absolute atomic E-state index is 12.2. The maximum atomic E-state index is 12.2. The third-order valence-electron chi connectivity index (χ3n) is 6.18. The molecule has 4 rings (SSSR count). The molecule has 0 aromatic heterocycles. The average Bonchev–Trinajstić information content (AvgIpc) is 3.37. The third kappa shape index (κ3) is 8.67. The van der Waals surface area contributed by atoms with Crippen molar-refractivity contribution in [3.8, 4) is 0 Å². The molecule has 2 aliphatic carbocycles. The second-order valence-corrected chi connectivity index (χ2v) is 10.5. The molecule has 2 amide bonds. The van der Waals surface area contributed by atoms with Crippen LogP contribution >= 0.6 is 0 Å². The monoisotopic (exact) mass is 480 g/mol. The molecule has 0 aliphatic heterocycles. The Morgan fingerprint density at radius 2 is 1.43 bits per heavy atom. The molecule has 0 heterocycles. The van der Waals surface area contributed by atoms with Crippen LogP contribution in [0.5, 0.6) is 0 Å². The summed E-state index contributed by atoms with van der Waals surface area (Å²) in [5.74, 6) is -0.130. The zero-order valence-electron chi connectivity index (χ0n) is 21.2. The predicted octanol–water partition coefficient (Wildman–Crippen LogP) is 3.01. The fourth-order valence-corrected chi connectivity index (χ4v) is 4.52. The van der Waals surface area contributed by atoms with Gasteiger partial charge >= 0.3 is 6.09 Å². The van der Waals surface area contributed by atoms with Gasteiger partial charge in [-0.05, 0) is 81.5 Å². The van der Waals surface area contributed by atoms with Crippen molar-refractivity contribution in [2.45, 2.75) is 83.0 Å². The number of nitrogens with one attached hydrogen (secondary N) is 2. The molecule has 2 aromatic rings. The maximum Gasteiger partial charge on any atom is 0.407 e. The van der Waals surface area contributed by atoms with E-state index in [4.69, 9.17) is 16.2 Å². The van der Waals surface area contributed by atoms with Crippen molar-refractivity contribution in [2.75, 3.05) is 6.54 Å². The highest BCUT2D eigenvalue weighted by Gasteiger charge is 2.24. The molecule has 2 aliphatic rings. The Balaban J connectivity index is 0.000000281. The number of nitrogens with two attached hydrogens (primary N) is 2. The lowest BCUT2D eigenvalue weighted by Crippen LogP contribution is -2.46. The highest BCUT2D eigenvalue weighted by Crippen LogP contribution is 2.22. The number of ether oxygens (including phenoxy) is 1. The van der Waals surface area contributed by atoms with E-state index < -0.39 is 17.7 Å². The molecule has 6 N–H and O–H groups in total. The SMILES string of the molecule is CC(C)(C)OC(=O)NCCC[C@@H](N)C(=O)NC1Cc2ccccc2C1.NC1Cc2ccccc2C1. The van der Waals surface area contributed by atoms with Gasteiger partial charge in [0.15, 0.2) is 0 Å². The molecule has 0 bridgehead atoms. The first kappa shape index (κ1) is 26.7. The quantitative estimate of drug-likeness (QED) is 0.474.